The highest BCUT2D eigenvalue weighted by Gasteiger charge is 2.29. The van der Waals surface area contributed by atoms with E-state index in [4.69, 9.17) is 4.42 Å². The summed E-state index contributed by atoms with van der Waals surface area (Å²) in [6, 6.07) is 14.3. The number of halogens is 1. The molecule has 0 spiro atoms. The van der Waals surface area contributed by atoms with Crippen LogP contribution in [0.4, 0.5) is 4.39 Å². The third-order valence-electron chi connectivity index (χ3n) is 5.15. The zero-order valence-corrected chi connectivity index (χ0v) is 15.8. The Morgan fingerprint density at radius 3 is 2.64 bits per heavy atom. The molecule has 0 saturated carbocycles. The number of aryl methyl sites for hydroxylation is 2. The summed E-state index contributed by atoms with van der Waals surface area (Å²) in [7, 11) is 0. The van der Waals surface area contributed by atoms with E-state index in [0.717, 1.165) is 36.1 Å². The first-order chi connectivity index (χ1) is 13.6. The summed E-state index contributed by atoms with van der Waals surface area (Å²) in [5.41, 5.74) is 3.01. The summed E-state index contributed by atoms with van der Waals surface area (Å²) in [4.78, 5) is 14.6. The Morgan fingerprint density at radius 2 is 1.89 bits per heavy atom. The van der Waals surface area contributed by atoms with Crippen LogP contribution in [-0.4, -0.2) is 27.5 Å². The lowest BCUT2D eigenvalue weighted by Crippen LogP contribution is -2.30. The molecular formula is C22H22FN3O2. The second-order valence-corrected chi connectivity index (χ2v) is 7.16. The van der Waals surface area contributed by atoms with Crippen LogP contribution in [0.5, 0.6) is 0 Å². The summed E-state index contributed by atoms with van der Waals surface area (Å²) in [5, 5.41) is 8.16. The first kappa shape index (κ1) is 18.3. The Hall–Kier alpha value is -3.02. The van der Waals surface area contributed by atoms with Gasteiger partial charge in [-0.05, 0) is 49.6 Å². The number of carbonyl (C=O) groups excluding carboxylic acids is 1. The van der Waals surface area contributed by atoms with Crippen molar-refractivity contribution < 1.29 is 13.6 Å². The molecule has 1 atom stereocenters. The molecule has 1 fully saturated rings. The summed E-state index contributed by atoms with van der Waals surface area (Å²) >= 11 is 0. The van der Waals surface area contributed by atoms with Crippen molar-refractivity contribution in [2.75, 3.05) is 6.54 Å². The zero-order chi connectivity index (χ0) is 19.5. The average molecular weight is 379 g/mol. The highest BCUT2D eigenvalue weighted by Crippen LogP contribution is 2.32. The number of benzene rings is 2. The fourth-order valence-electron chi connectivity index (χ4n) is 3.62. The second kappa shape index (κ2) is 7.92. The maximum atomic E-state index is 13.2. The number of hydrogen-bond donors (Lipinski definition) is 0. The van der Waals surface area contributed by atoms with Crippen molar-refractivity contribution in [3.63, 3.8) is 0 Å². The highest BCUT2D eigenvalue weighted by molar-refractivity contribution is 5.77. The number of amides is 1. The van der Waals surface area contributed by atoms with Gasteiger partial charge in [0.05, 0.1) is 6.04 Å². The molecule has 6 heteroatoms. The normalized spacial score (nSPS) is 16.5. The minimum absolute atomic E-state index is 0.0129. The second-order valence-electron chi connectivity index (χ2n) is 7.16. The number of rotatable bonds is 5. The standard InChI is InChI=1S/C22H22FN3O2/c1-15-4-6-17(7-5-15)22-25-24-20(28-22)12-13-21(27)26-14-2-3-19(26)16-8-10-18(23)11-9-16/h4-11,19H,2-3,12-14H2,1H3. The predicted octanol–water partition coefficient (Wildman–Crippen LogP) is 4.48. The molecular weight excluding hydrogens is 357 g/mol. The van der Waals surface area contributed by atoms with Crippen molar-refractivity contribution in [2.45, 2.75) is 38.6 Å². The summed E-state index contributed by atoms with van der Waals surface area (Å²) < 4.78 is 18.9. The minimum atomic E-state index is -0.264. The molecule has 2 aromatic carbocycles. The molecule has 1 aliphatic rings. The van der Waals surface area contributed by atoms with E-state index in [1.807, 2.05) is 36.1 Å². The van der Waals surface area contributed by atoms with Gasteiger partial charge >= 0.3 is 0 Å². The molecule has 0 bridgehead atoms. The number of hydrogen-bond acceptors (Lipinski definition) is 4. The van der Waals surface area contributed by atoms with Gasteiger partial charge in [-0.2, -0.15) is 0 Å². The van der Waals surface area contributed by atoms with Crippen LogP contribution >= 0.6 is 0 Å². The van der Waals surface area contributed by atoms with Gasteiger partial charge in [-0.1, -0.05) is 29.8 Å². The lowest BCUT2D eigenvalue weighted by molar-refractivity contribution is -0.132. The van der Waals surface area contributed by atoms with Crippen molar-refractivity contribution in [3.05, 3.63) is 71.4 Å². The van der Waals surface area contributed by atoms with Gasteiger partial charge in [0, 0.05) is 24.9 Å². The van der Waals surface area contributed by atoms with Gasteiger partial charge in [-0.25, -0.2) is 4.39 Å². The SMILES string of the molecule is Cc1ccc(-c2nnc(CCC(=O)N3CCCC3c3ccc(F)cc3)o2)cc1. The van der Waals surface area contributed by atoms with E-state index in [-0.39, 0.29) is 17.8 Å². The lowest BCUT2D eigenvalue weighted by atomic mass is 10.0. The van der Waals surface area contributed by atoms with Gasteiger partial charge in [0.25, 0.3) is 0 Å². The van der Waals surface area contributed by atoms with Crippen LogP contribution in [0.25, 0.3) is 11.5 Å². The third-order valence-corrected chi connectivity index (χ3v) is 5.15. The van der Waals surface area contributed by atoms with Gasteiger partial charge in [-0.15, -0.1) is 10.2 Å². The fourth-order valence-corrected chi connectivity index (χ4v) is 3.62. The molecule has 1 amide bonds. The van der Waals surface area contributed by atoms with Crippen molar-refractivity contribution in [1.82, 2.24) is 15.1 Å². The topological polar surface area (TPSA) is 59.2 Å². The van der Waals surface area contributed by atoms with E-state index in [1.54, 1.807) is 12.1 Å². The summed E-state index contributed by atoms with van der Waals surface area (Å²) in [6.07, 6.45) is 2.57. The Balaban J connectivity index is 1.39. The van der Waals surface area contributed by atoms with Crippen molar-refractivity contribution in [2.24, 2.45) is 0 Å². The van der Waals surface area contributed by atoms with Crippen LogP contribution in [0.3, 0.4) is 0 Å². The van der Waals surface area contributed by atoms with Crippen molar-refractivity contribution >= 4 is 5.91 Å². The lowest BCUT2D eigenvalue weighted by Gasteiger charge is -2.25. The van der Waals surface area contributed by atoms with E-state index in [1.165, 1.54) is 12.1 Å². The number of carbonyl (C=O) groups is 1. The first-order valence-corrected chi connectivity index (χ1v) is 9.54. The van der Waals surface area contributed by atoms with E-state index in [2.05, 4.69) is 10.2 Å². The molecule has 28 heavy (non-hydrogen) atoms. The van der Waals surface area contributed by atoms with Crippen LogP contribution in [-0.2, 0) is 11.2 Å². The monoisotopic (exact) mass is 379 g/mol. The number of aromatic nitrogens is 2. The highest BCUT2D eigenvalue weighted by atomic mass is 19.1. The van der Waals surface area contributed by atoms with Crippen LogP contribution < -0.4 is 0 Å². The molecule has 1 unspecified atom stereocenters. The molecule has 0 N–H and O–H groups in total. The Kier molecular flexibility index (Phi) is 5.19. The minimum Gasteiger partial charge on any atom is -0.421 e. The van der Waals surface area contributed by atoms with Gasteiger partial charge in [0.2, 0.25) is 17.7 Å². The quantitative estimate of drug-likeness (QED) is 0.656. The molecule has 3 aromatic rings. The maximum absolute atomic E-state index is 13.2. The van der Waals surface area contributed by atoms with Crippen LogP contribution in [0.2, 0.25) is 0 Å². The number of nitrogens with zero attached hydrogens (tertiary/aromatic N) is 3. The number of likely N-dealkylation sites (tertiary alicyclic amines) is 1. The van der Waals surface area contributed by atoms with Crippen LogP contribution in [0.15, 0.2) is 52.9 Å². The first-order valence-electron chi connectivity index (χ1n) is 9.54. The van der Waals surface area contributed by atoms with Gasteiger partial charge in [-0.3, -0.25) is 4.79 Å². The average Bonchev–Trinajstić information content (AvgIpc) is 3.37. The third kappa shape index (κ3) is 3.96. The van der Waals surface area contributed by atoms with Gasteiger partial charge in [0.15, 0.2) is 0 Å². The predicted molar refractivity (Wildman–Crippen MR) is 103 cm³/mol. The zero-order valence-electron chi connectivity index (χ0n) is 15.8. The van der Waals surface area contributed by atoms with Crippen molar-refractivity contribution in [3.8, 4) is 11.5 Å². The summed E-state index contributed by atoms with van der Waals surface area (Å²) in [6.45, 7) is 2.74. The molecule has 0 aliphatic carbocycles. The molecule has 0 radical (unpaired) electrons. The molecule has 1 saturated heterocycles. The Labute approximate surface area is 163 Å². The molecule has 144 valence electrons. The van der Waals surface area contributed by atoms with Gasteiger partial charge in [0.1, 0.15) is 5.82 Å². The van der Waals surface area contributed by atoms with Crippen LogP contribution in [0, 0.1) is 12.7 Å². The smallest absolute Gasteiger partial charge is 0.247 e. The molecule has 2 heterocycles. The van der Waals surface area contributed by atoms with Gasteiger partial charge < -0.3 is 9.32 Å². The molecule has 1 aliphatic heterocycles. The van der Waals surface area contributed by atoms with E-state index < -0.39 is 0 Å². The van der Waals surface area contributed by atoms with Crippen LogP contribution in [0.1, 0.15) is 42.3 Å². The fraction of sp³-hybridized carbons (Fsp3) is 0.318. The summed E-state index contributed by atoms with van der Waals surface area (Å²) in [5.74, 6) is 0.719. The van der Waals surface area contributed by atoms with E-state index in [0.29, 0.717) is 24.6 Å². The van der Waals surface area contributed by atoms with Crippen molar-refractivity contribution in [1.29, 1.82) is 0 Å². The Bertz CT molecular complexity index is 951. The molecule has 5 nitrogen and oxygen atoms in total. The molecule has 4 rings (SSSR count). The largest absolute Gasteiger partial charge is 0.421 e. The van der Waals surface area contributed by atoms with E-state index >= 15 is 0 Å². The maximum Gasteiger partial charge on any atom is 0.247 e. The van der Waals surface area contributed by atoms with E-state index in [9.17, 15) is 9.18 Å². The molecule has 1 aromatic heterocycles. The Morgan fingerprint density at radius 1 is 1.14 bits per heavy atom.